The average molecular weight is 457 g/mol. The van der Waals surface area contributed by atoms with Gasteiger partial charge in [-0.15, -0.1) is 10.2 Å². The first kappa shape index (κ1) is 21.1. The Hall–Kier alpha value is -3.11. The second-order valence-corrected chi connectivity index (χ2v) is 10.3. The van der Waals surface area contributed by atoms with Crippen LogP contribution in [0.2, 0.25) is 0 Å². The molecule has 0 spiro atoms. The molecule has 0 radical (unpaired) electrons. The molecule has 1 aromatic heterocycles. The zero-order valence-corrected chi connectivity index (χ0v) is 18.1. The number of aromatic nitrogens is 2. The van der Waals surface area contributed by atoms with Crippen LogP contribution in [0.25, 0.3) is 0 Å². The number of nitrogens with one attached hydrogen (secondary N) is 1. The van der Waals surface area contributed by atoms with Crippen molar-refractivity contribution in [3.8, 4) is 0 Å². The van der Waals surface area contributed by atoms with E-state index in [1.165, 1.54) is 0 Å². The van der Waals surface area contributed by atoms with Gasteiger partial charge < -0.3 is 4.90 Å². The van der Waals surface area contributed by atoms with Crippen LogP contribution in [0.3, 0.4) is 0 Å². The summed E-state index contributed by atoms with van der Waals surface area (Å²) in [6.07, 6.45) is 0.308. The Labute approximate surface area is 183 Å². The number of anilines is 2. The highest BCUT2D eigenvalue weighted by molar-refractivity contribution is 7.91. The molecule has 2 heterocycles. The van der Waals surface area contributed by atoms with Crippen LogP contribution in [0.15, 0.2) is 60.7 Å². The molecule has 10 heteroatoms. The summed E-state index contributed by atoms with van der Waals surface area (Å²) < 4.78 is 24.6. The number of benzene rings is 2. The van der Waals surface area contributed by atoms with E-state index in [0.717, 1.165) is 17.0 Å². The Morgan fingerprint density at radius 2 is 1.74 bits per heavy atom. The minimum atomic E-state index is -3.61. The minimum Gasteiger partial charge on any atom is -0.312 e. The molecular weight excluding hydrogens is 436 g/mol. The number of para-hydroxylation sites is 1. The van der Waals surface area contributed by atoms with E-state index in [9.17, 15) is 18.0 Å². The van der Waals surface area contributed by atoms with Crippen molar-refractivity contribution in [2.75, 3.05) is 22.5 Å². The Morgan fingerprint density at radius 1 is 1.06 bits per heavy atom. The maximum Gasteiger partial charge on any atom is 0.241 e. The maximum atomic E-state index is 12.4. The van der Waals surface area contributed by atoms with E-state index >= 15 is 0 Å². The number of hydrogen-bond acceptors (Lipinski definition) is 7. The van der Waals surface area contributed by atoms with Crippen LogP contribution < -0.4 is 10.2 Å². The van der Waals surface area contributed by atoms with Crippen molar-refractivity contribution >= 4 is 43.8 Å². The van der Waals surface area contributed by atoms with Gasteiger partial charge in [0, 0.05) is 24.6 Å². The van der Waals surface area contributed by atoms with Gasteiger partial charge in [0.1, 0.15) is 10.8 Å². The van der Waals surface area contributed by atoms with Gasteiger partial charge in [-0.2, -0.15) is 0 Å². The zero-order chi connectivity index (χ0) is 21.8. The van der Waals surface area contributed by atoms with Crippen LogP contribution in [0.5, 0.6) is 0 Å². The number of nitrogens with zero attached hydrogens (tertiary/aromatic N) is 3. The summed E-state index contributed by atoms with van der Waals surface area (Å²) >= 11 is 1.16. The lowest BCUT2D eigenvalue weighted by Crippen LogP contribution is -2.24. The lowest BCUT2D eigenvalue weighted by molar-refractivity contribution is -0.117. The fraction of sp³-hybridized carbons (Fsp3) is 0.238. The van der Waals surface area contributed by atoms with Gasteiger partial charge in [-0.05, 0) is 17.7 Å². The van der Waals surface area contributed by atoms with Crippen LogP contribution in [0.4, 0.5) is 10.8 Å². The highest BCUT2D eigenvalue weighted by atomic mass is 32.2. The molecule has 31 heavy (non-hydrogen) atoms. The lowest BCUT2D eigenvalue weighted by atomic mass is 10.1. The Bertz CT molecular complexity index is 1180. The van der Waals surface area contributed by atoms with Gasteiger partial charge in [0.05, 0.1) is 5.75 Å². The summed E-state index contributed by atoms with van der Waals surface area (Å²) in [5, 5.41) is 11.4. The molecule has 160 valence electrons. The summed E-state index contributed by atoms with van der Waals surface area (Å²) in [6, 6.07) is 18.1. The predicted molar refractivity (Wildman–Crippen MR) is 119 cm³/mol. The number of rotatable bonds is 7. The van der Waals surface area contributed by atoms with Crippen LogP contribution in [0.1, 0.15) is 22.9 Å². The van der Waals surface area contributed by atoms with Gasteiger partial charge in [-0.3, -0.25) is 14.9 Å². The molecule has 4 rings (SSSR count). The van der Waals surface area contributed by atoms with Gasteiger partial charge in [-0.1, -0.05) is 59.9 Å². The molecule has 1 aliphatic rings. The van der Waals surface area contributed by atoms with E-state index in [-0.39, 0.29) is 22.7 Å². The largest absolute Gasteiger partial charge is 0.312 e. The predicted octanol–water partition coefficient (Wildman–Crippen LogP) is 2.61. The van der Waals surface area contributed by atoms with Crippen molar-refractivity contribution in [3.05, 3.63) is 71.2 Å². The Balaban J connectivity index is 1.36. The first-order chi connectivity index (χ1) is 14.9. The molecule has 0 aliphatic carbocycles. The van der Waals surface area contributed by atoms with Gasteiger partial charge in [0.25, 0.3) is 0 Å². The molecule has 3 aromatic rings. The SMILES string of the molecule is O=C(CS(=O)(=O)Cc1ccccc1)Nc1nnc(C2CC(=O)N(c3ccccc3)C2)s1. The quantitative estimate of drug-likeness (QED) is 0.585. The Kier molecular flexibility index (Phi) is 6.10. The number of carbonyl (C=O) groups excluding carboxylic acids is 2. The molecule has 1 fully saturated rings. The van der Waals surface area contributed by atoms with Crippen LogP contribution in [-0.4, -0.2) is 42.7 Å². The highest BCUT2D eigenvalue weighted by Crippen LogP contribution is 2.34. The topological polar surface area (TPSA) is 109 Å². The third-order valence-corrected chi connectivity index (χ3v) is 7.29. The number of sulfone groups is 1. The molecule has 0 bridgehead atoms. The van der Waals surface area contributed by atoms with Crippen molar-refractivity contribution in [1.29, 1.82) is 0 Å². The molecule has 1 saturated heterocycles. The molecule has 2 amide bonds. The zero-order valence-electron chi connectivity index (χ0n) is 16.5. The number of carbonyl (C=O) groups is 2. The Morgan fingerprint density at radius 3 is 2.45 bits per heavy atom. The summed E-state index contributed by atoms with van der Waals surface area (Å²) in [6.45, 7) is 0.483. The van der Waals surface area contributed by atoms with Gasteiger partial charge >= 0.3 is 0 Å². The van der Waals surface area contributed by atoms with Crippen LogP contribution in [0, 0.1) is 0 Å². The second kappa shape index (κ2) is 8.94. The summed E-state index contributed by atoms with van der Waals surface area (Å²) in [4.78, 5) is 26.3. The van der Waals surface area contributed by atoms with Crippen molar-refractivity contribution in [3.63, 3.8) is 0 Å². The molecule has 0 saturated carbocycles. The normalized spacial score (nSPS) is 16.5. The van der Waals surface area contributed by atoms with Gasteiger partial charge in [0.15, 0.2) is 9.84 Å². The van der Waals surface area contributed by atoms with Crippen LogP contribution in [-0.2, 0) is 25.2 Å². The first-order valence-corrected chi connectivity index (χ1v) is 12.3. The summed E-state index contributed by atoms with van der Waals surface area (Å²) in [5.41, 5.74) is 1.46. The lowest BCUT2D eigenvalue weighted by Gasteiger charge is -2.15. The fourth-order valence-electron chi connectivity index (χ4n) is 3.41. The van der Waals surface area contributed by atoms with E-state index in [1.807, 2.05) is 30.3 Å². The third kappa shape index (κ3) is 5.33. The van der Waals surface area contributed by atoms with Crippen molar-refractivity contribution < 1.29 is 18.0 Å². The first-order valence-electron chi connectivity index (χ1n) is 9.63. The van der Waals surface area contributed by atoms with Gasteiger partial charge in [-0.25, -0.2) is 8.42 Å². The van der Waals surface area contributed by atoms with E-state index in [2.05, 4.69) is 15.5 Å². The van der Waals surface area contributed by atoms with Crippen molar-refractivity contribution in [2.45, 2.75) is 18.1 Å². The fourth-order valence-corrected chi connectivity index (χ4v) is 5.54. The molecule has 1 aliphatic heterocycles. The standard InChI is InChI=1S/C21H20N4O4S2/c26-18(14-31(28,29)13-15-7-3-1-4-8-15)22-21-24-23-20(30-21)16-11-19(27)25(12-16)17-9-5-2-6-10-17/h1-10,16H,11-14H2,(H,22,24,26). The monoisotopic (exact) mass is 456 g/mol. The summed E-state index contributed by atoms with van der Waals surface area (Å²) in [5.74, 6) is -1.63. The smallest absolute Gasteiger partial charge is 0.241 e. The van der Waals surface area contributed by atoms with Crippen molar-refractivity contribution in [1.82, 2.24) is 10.2 Å². The number of hydrogen-bond donors (Lipinski definition) is 1. The van der Waals surface area contributed by atoms with E-state index in [1.54, 1.807) is 35.2 Å². The van der Waals surface area contributed by atoms with Gasteiger partial charge in [0.2, 0.25) is 16.9 Å². The molecular formula is C21H20N4O4S2. The van der Waals surface area contributed by atoms with Crippen molar-refractivity contribution in [2.24, 2.45) is 0 Å². The molecule has 1 N–H and O–H groups in total. The van der Waals surface area contributed by atoms with Crippen LogP contribution >= 0.6 is 11.3 Å². The van der Waals surface area contributed by atoms with E-state index in [0.29, 0.717) is 23.5 Å². The van der Waals surface area contributed by atoms with E-state index < -0.39 is 21.5 Å². The maximum absolute atomic E-state index is 12.4. The average Bonchev–Trinajstić information content (AvgIpc) is 3.35. The molecule has 1 unspecified atom stereocenters. The minimum absolute atomic E-state index is 0.00370. The molecule has 8 nitrogen and oxygen atoms in total. The second-order valence-electron chi connectivity index (χ2n) is 7.25. The highest BCUT2D eigenvalue weighted by Gasteiger charge is 2.34. The van der Waals surface area contributed by atoms with E-state index in [4.69, 9.17) is 0 Å². The molecule has 2 aromatic carbocycles. The summed E-state index contributed by atoms with van der Waals surface area (Å²) in [7, 11) is -3.61. The molecule has 1 atom stereocenters. The third-order valence-electron chi connectivity index (χ3n) is 4.81. The number of amides is 2.